The second-order valence-electron chi connectivity index (χ2n) is 6.32. The second kappa shape index (κ2) is 7.70. The molecule has 0 aliphatic heterocycles. The fourth-order valence-electron chi connectivity index (χ4n) is 1.63. The maximum absolute atomic E-state index is 11.3. The van der Waals surface area contributed by atoms with E-state index in [4.69, 9.17) is 0 Å². The minimum Gasteiger partial charge on any atom is -0.356 e. The molecule has 0 bridgehead atoms. The van der Waals surface area contributed by atoms with E-state index in [1.807, 2.05) is 0 Å². The van der Waals surface area contributed by atoms with Crippen LogP contribution in [0.4, 0.5) is 0 Å². The molecular formula is C14H29NO. The van der Waals surface area contributed by atoms with Gasteiger partial charge in [-0.2, -0.15) is 0 Å². The quantitative estimate of drug-likeness (QED) is 0.659. The van der Waals surface area contributed by atoms with Crippen molar-refractivity contribution in [3.63, 3.8) is 0 Å². The summed E-state index contributed by atoms with van der Waals surface area (Å²) in [4.78, 5) is 11.3. The van der Waals surface area contributed by atoms with Gasteiger partial charge in [0.05, 0.1) is 0 Å². The van der Waals surface area contributed by atoms with Gasteiger partial charge in [0.2, 0.25) is 5.91 Å². The highest BCUT2D eigenvalue weighted by molar-refractivity contribution is 5.75. The predicted molar refractivity (Wildman–Crippen MR) is 70.4 cm³/mol. The number of rotatable bonds is 7. The summed E-state index contributed by atoms with van der Waals surface area (Å²) in [6, 6.07) is 0. The van der Waals surface area contributed by atoms with Crippen LogP contribution in [0.2, 0.25) is 0 Å². The Balaban J connectivity index is 3.31. The summed E-state index contributed by atoms with van der Waals surface area (Å²) in [5.74, 6) is 0.659. The van der Waals surface area contributed by atoms with Crippen LogP contribution in [-0.4, -0.2) is 12.5 Å². The van der Waals surface area contributed by atoms with Gasteiger partial charge in [-0.25, -0.2) is 0 Å². The molecule has 0 aliphatic rings. The van der Waals surface area contributed by atoms with Crippen molar-refractivity contribution >= 4 is 5.91 Å². The molecule has 0 rings (SSSR count). The van der Waals surface area contributed by atoms with Crippen molar-refractivity contribution in [3.05, 3.63) is 0 Å². The fourth-order valence-corrected chi connectivity index (χ4v) is 1.63. The number of hydrogen-bond acceptors (Lipinski definition) is 1. The number of carbonyl (C=O) groups excluding carboxylic acids is 1. The molecule has 0 unspecified atom stereocenters. The van der Waals surface area contributed by atoms with Crippen LogP contribution in [0.5, 0.6) is 0 Å². The van der Waals surface area contributed by atoms with Gasteiger partial charge < -0.3 is 5.32 Å². The first-order chi connectivity index (χ1) is 7.31. The molecule has 0 saturated heterocycles. The summed E-state index contributed by atoms with van der Waals surface area (Å²) >= 11 is 0. The fraction of sp³-hybridized carbons (Fsp3) is 0.929. The normalized spacial score (nSPS) is 11.9. The summed E-state index contributed by atoms with van der Waals surface area (Å²) in [5.41, 5.74) is 0.445. The summed E-state index contributed by atoms with van der Waals surface area (Å²) in [6.07, 6.45) is 5.53. The van der Waals surface area contributed by atoms with E-state index in [-0.39, 0.29) is 5.91 Å². The Bertz CT molecular complexity index is 191. The Morgan fingerprint density at radius 3 is 2.25 bits per heavy atom. The Labute approximate surface area is 101 Å². The molecule has 0 aromatic rings. The number of amides is 1. The minimum absolute atomic E-state index is 0.200. The largest absolute Gasteiger partial charge is 0.356 e. The second-order valence-corrected chi connectivity index (χ2v) is 6.32. The molecule has 0 aliphatic carbocycles. The van der Waals surface area contributed by atoms with Crippen LogP contribution >= 0.6 is 0 Å². The molecule has 0 saturated carbocycles. The molecule has 1 amide bonds. The average Bonchev–Trinajstić information content (AvgIpc) is 2.07. The van der Waals surface area contributed by atoms with Crippen molar-refractivity contribution in [1.29, 1.82) is 0 Å². The highest BCUT2D eigenvalue weighted by Gasteiger charge is 2.08. The van der Waals surface area contributed by atoms with Crippen LogP contribution in [0.1, 0.15) is 66.7 Å². The molecule has 2 heteroatoms. The number of carbonyl (C=O) groups is 1. The van der Waals surface area contributed by atoms with Crippen LogP contribution in [0.15, 0.2) is 0 Å². The summed E-state index contributed by atoms with van der Waals surface area (Å²) in [5, 5.41) is 2.97. The van der Waals surface area contributed by atoms with E-state index in [9.17, 15) is 4.79 Å². The van der Waals surface area contributed by atoms with E-state index >= 15 is 0 Å². The minimum atomic E-state index is 0.200. The van der Waals surface area contributed by atoms with Gasteiger partial charge in [-0.05, 0) is 24.2 Å². The molecule has 2 nitrogen and oxygen atoms in total. The molecule has 96 valence electrons. The standard InChI is InChI=1S/C14H29NO/c1-12(2)11-13(16)15-10-8-6-7-9-14(3,4)5/h12H,6-11H2,1-5H3,(H,15,16). The third-order valence-electron chi connectivity index (χ3n) is 2.52. The molecule has 0 spiro atoms. The van der Waals surface area contributed by atoms with Crippen molar-refractivity contribution in [2.45, 2.75) is 66.7 Å². The van der Waals surface area contributed by atoms with Crippen LogP contribution in [0.25, 0.3) is 0 Å². The van der Waals surface area contributed by atoms with Crippen molar-refractivity contribution < 1.29 is 4.79 Å². The SMILES string of the molecule is CC(C)CC(=O)NCCCCCC(C)(C)C. The van der Waals surface area contributed by atoms with Crippen LogP contribution in [0.3, 0.4) is 0 Å². The highest BCUT2D eigenvalue weighted by atomic mass is 16.1. The van der Waals surface area contributed by atoms with Gasteiger partial charge in [-0.15, -0.1) is 0 Å². The van der Waals surface area contributed by atoms with E-state index in [0.29, 0.717) is 17.8 Å². The third-order valence-corrected chi connectivity index (χ3v) is 2.52. The smallest absolute Gasteiger partial charge is 0.220 e. The Morgan fingerprint density at radius 2 is 1.75 bits per heavy atom. The van der Waals surface area contributed by atoms with E-state index in [0.717, 1.165) is 13.0 Å². The topological polar surface area (TPSA) is 29.1 Å². The monoisotopic (exact) mass is 227 g/mol. The van der Waals surface area contributed by atoms with Gasteiger partial charge in [0.15, 0.2) is 0 Å². The summed E-state index contributed by atoms with van der Waals surface area (Å²) in [6.45, 7) is 11.8. The maximum Gasteiger partial charge on any atom is 0.220 e. The molecule has 0 aromatic heterocycles. The first-order valence-corrected chi connectivity index (χ1v) is 6.58. The molecule has 0 radical (unpaired) electrons. The van der Waals surface area contributed by atoms with E-state index in [1.165, 1.54) is 19.3 Å². The number of nitrogens with one attached hydrogen (secondary N) is 1. The first-order valence-electron chi connectivity index (χ1n) is 6.58. The Hall–Kier alpha value is -0.530. The van der Waals surface area contributed by atoms with Crippen molar-refractivity contribution in [2.75, 3.05) is 6.54 Å². The first kappa shape index (κ1) is 15.5. The lowest BCUT2D eigenvalue weighted by molar-refractivity contribution is -0.121. The summed E-state index contributed by atoms with van der Waals surface area (Å²) in [7, 11) is 0. The van der Waals surface area contributed by atoms with Gasteiger partial charge in [0.25, 0.3) is 0 Å². The van der Waals surface area contributed by atoms with E-state index in [2.05, 4.69) is 39.9 Å². The number of hydrogen-bond donors (Lipinski definition) is 1. The van der Waals surface area contributed by atoms with Gasteiger partial charge in [0.1, 0.15) is 0 Å². The average molecular weight is 227 g/mol. The van der Waals surface area contributed by atoms with Crippen LogP contribution in [-0.2, 0) is 4.79 Å². The molecule has 0 aromatic carbocycles. The zero-order valence-corrected chi connectivity index (χ0v) is 11.7. The number of unbranched alkanes of at least 4 members (excludes halogenated alkanes) is 2. The van der Waals surface area contributed by atoms with Crippen molar-refractivity contribution in [3.8, 4) is 0 Å². The van der Waals surface area contributed by atoms with Gasteiger partial charge in [-0.3, -0.25) is 4.79 Å². The van der Waals surface area contributed by atoms with Gasteiger partial charge in [-0.1, -0.05) is 47.5 Å². The molecular weight excluding hydrogens is 198 g/mol. The van der Waals surface area contributed by atoms with Crippen LogP contribution in [0, 0.1) is 11.3 Å². The zero-order chi connectivity index (χ0) is 12.6. The zero-order valence-electron chi connectivity index (χ0n) is 11.7. The van der Waals surface area contributed by atoms with E-state index < -0.39 is 0 Å². The van der Waals surface area contributed by atoms with Crippen LogP contribution < -0.4 is 5.32 Å². The molecule has 1 N–H and O–H groups in total. The Kier molecular flexibility index (Phi) is 7.44. The molecule has 0 atom stereocenters. The van der Waals surface area contributed by atoms with Gasteiger partial charge in [0, 0.05) is 13.0 Å². The molecule has 0 fully saturated rings. The van der Waals surface area contributed by atoms with Gasteiger partial charge >= 0.3 is 0 Å². The van der Waals surface area contributed by atoms with Crippen molar-refractivity contribution in [1.82, 2.24) is 5.32 Å². The lowest BCUT2D eigenvalue weighted by Gasteiger charge is -2.17. The van der Waals surface area contributed by atoms with E-state index in [1.54, 1.807) is 0 Å². The molecule has 0 heterocycles. The lowest BCUT2D eigenvalue weighted by atomic mass is 9.89. The Morgan fingerprint density at radius 1 is 1.12 bits per heavy atom. The maximum atomic E-state index is 11.3. The lowest BCUT2D eigenvalue weighted by Crippen LogP contribution is -2.25. The van der Waals surface area contributed by atoms with Crippen molar-refractivity contribution in [2.24, 2.45) is 11.3 Å². The molecule has 16 heavy (non-hydrogen) atoms. The highest BCUT2D eigenvalue weighted by Crippen LogP contribution is 2.21. The predicted octanol–water partition coefficient (Wildman–Crippen LogP) is 3.76. The summed E-state index contributed by atoms with van der Waals surface area (Å²) < 4.78 is 0. The third kappa shape index (κ3) is 11.5.